The molecule has 7 heteroatoms. The van der Waals surface area contributed by atoms with Gasteiger partial charge in [-0.3, -0.25) is 10.2 Å². The minimum atomic E-state index is -0.101. The van der Waals surface area contributed by atoms with Crippen molar-refractivity contribution in [3.8, 4) is 5.75 Å². The Labute approximate surface area is 193 Å². The van der Waals surface area contributed by atoms with E-state index in [1.54, 1.807) is 6.21 Å². The highest BCUT2D eigenvalue weighted by Crippen LogP contribution is 2.19. The van der Waals surface area contributed by atoms with Crippen LogP contribution in [0.3, 0.4) is 0 Å². The zero-order chi connectivity index (χ0) is 22.8. The van der Waals surface area contributed by atoms with Crippen LogP contribution in [0.2, 0.25) is 0 Å². The number of nitrogens with zero attached hydrogens (tertiary/aromatic N) is 1. The Morgan fingerprint density at radius 2 is 1.69 bits per heavy atom. The number of amides is 1. The molecule has 0 unspecified atom stereocenters. The van der Waals surface area contributed by atoms with E-state index in [1.807, 2.05) is 60.7 Å². The van der Waals surface area contributed by atoms with Gasteiger partial charge in [0.25, 0.3) is 0 Å². The van der Waals surface area contributed by atoms with E-state index in [2.05, 4.69) is 40.2 Å². The van der Waals surface area contributed by atoms with Crippen molar-refractivity contribution in [1.82, 2.24) is 5.43 Å². The maximum absolute atomic E-state index is 11.1. The third-order valence-electron chi connectivity index (χ3n) is 4.59. The van der Waals surface area contributed by atoms with Crippen LogP contribution in [0.15, 0.2) is 77.9 Å². The second kappa shape index (κ2) is 11.6. The molecule has 3 aromatic rings. The fourth-order valence-electron chi connectivity index (χ4n) is 3.05. The van der Waals surface area contributed by atoms with E-state index >= 15 is 0 Å². The number of benzene rings is 3. The van der Waals surface area contributed by atoms with Gasteiger partial charge in [0.15, 0.2) is 5.11 Å². The third-order valence-corrected chi connectivity index (χ3v) is 4.78. The molecule has 0 radical (unpaired) electrons. The van der Waals surface area contributed by atoms with Crippen LogP contribution in [0.5, 0.6) is 5.75 Å². The number of anilines is 2. The van der Waals surface area contributed by atoms with Crippen LogP contribution in [-0.4, -0.2) is 17.2 Å². The maximum atomic E-state index is 11.1. The molecule has 3 N–H and O–H groups in total. The van der Waals surface area contributed by atoms with Crippen LogP contribution in [0, 0.1) is 0 Å². The number of hydrogen-bond donors (Lipinski definition) is 3. The van der Waals surface area contributed by atoms with Gasteiger partial charge >= 0.3 is 0 Å². The SMILES string of the molecule is CCc1ccc(/C=N/NC(=S)Nc2ccccc2)cc1COc1ccc(NC(C)=O)cc1. The highest BCUT2D eigenvalue weighted by molar-refractivity contribution is 7.80. The van der Waals surface area contributed by atoms with Crippen LogP contribution >= 0.6 is 12.2 Å². The predicted molar refractivity (Wildman–Crippen MR) is 134 cm³/mol. The van der Waals surface area contributed by atoms with Crippen LogP contribution in [-0.2, 0) is 17.8 Å². The van der Waals surface area contributed by atoms with Crippen LogP contribution in [0.4, 0.5) is 11.4 Å². The topological polar surface area (TPSA) is 74.8 Å². The van der Waals surface area contributed by atoms with Crippen molar-refractivity contribution in [2.75, 3.05) is 10.6 Å². The monoisotopic (exact) mass is 446 g/mol. The number of aryl methyl sites for hydroxylation is 1. The Balaban J connectivity index is 1.59. The summed E-state index contributed by atoms with van der Waals surface area (Å²) in [5.41, 5.74) is 7.72. The van der Waals surface area contributed by atoms with Crippen LogP contribution in [0.25, 0.3) is 0 Å². The molecule has 0 saturated heterocycles. The molecule has 0 aliphatic heterocycles. The lowest BCUT2D eigenvalue weighted by molar-refractivity contribution is -0.114. The number of hydrogen-bond acceptors (Lipinski definition) is 4. The smallest absolute Gasteiger partial charge is 0.221 e. The minimum absolute atomic E-state index is 0.101. The number of rotatable bonds is 8. The molecular weight excluding hydrogens is 420 g/mol. The van der Waals surface area contributed by atoms with Gasteiger partial charge in [0.1, 0.15) is 12.4 Å². The van der Waals surface area contributed by atoms with Gasteiger partial charge in [0.2, 0.25) is 5.91 Å². The number of thiocarbonyl (C=S) groups is 1. The molecule has 0 bridgehead atoms. The quantitative estimate of drug-likeness (QED) is 0.255. The number of ether oxygens (including phenoxy) is 1. The summed E-state index contributed by atoms with van der Waals surface area (Å²) in [7, 11) is 0. The zero-order valence-corrected chi connectivity index (χ0v) is 18.9. The highest BCUT2D eigenvalue weighted by atomic mass is 32.1. The Morgan fingerprint density at radius 3 is 2.38 bits per heavy atom. The van der Waals surface area contributed by atoms with E-state index in [1.165, 1.54) is 12.5 Å². The molecule has 3 aromatic carbocycles. The Bertz CT molecular complexity index is 1080. The standard InChI is InChI=1S/C25H26N4O2S/c1-3-20-10-9-19(16-26-29-25(32)28-22-7-5-4-6-8-22)15-21(20)17-31-24-13-11-23(12-14-24)27-18(2)30/h4-16H,3,17H2,1-2H3,(H,27,30)(H2,28,29,32)/b26-16+. The number of carbonyl (C=O) groups excluding carboxylic acids is 1. The lowest BCUT2D eigenvalue weighted by atomic mass is 10.0. The average Bonchev–Trinajstić information content (AvgIpc) is 2.79. The molecule has 0 atom stereocenters. The summed E-state index contributed by atoms with van der Waals surface area (Å²) in [5, 5.41) is 10.5. The van der Waals surface area contributed by atoms with E-state index in [0.29, 0.717) is 11.7 Å². The van der Waals surface area contributed by atoms with Crippen molar-refractivity contribution in [2.45, 2.75) is 26.9 Å². The molecule has 32 heavy (non-hydrogen) atoms. The molecule has 0 saturated carbocycles. The fraction of sp³-hybridized carbons (Fsp3) is 0.160. The van der Waals surface area contributed by atoms with E-state index in [4.69, 9.17) is 17.0 Å². The van der Waals surface area contributed by atoms with Gasteiger partial charge in [-0.15, -0.1) is 0 Å². The molecule has 1 amide bonds. The summed E-state index contributed by atoms with van der Waals surface area (Å²) < 4.78 is 5.95. The second-order valence-electron chi connectivity index (χ2n) is 7.07. The number of carbonyl (C=O) groups is 1. The molecule has 0 heterocycles. The van der Waals surface area contributed by atoms with Crippen LogP contribution < -0.4 is 20.8 Å². The summed E-state index contributed by atoms with van der Waals surface area (Å²) in [6, 6.07) is 23.2. The molecule has 0 spiro atoms. The molecule has 0 aliphatic carbocycles. The number of nitrogens with one attached hydrogen (secondary N) is 3. The largest absolute Gasteiger partial charge is 0.489 e. The minimum Gasteiger partial charge on any atom is -0.489 e. The lowest BCUT2D eigenvalue weighted by Crippen LogP contribution is -2.23. The normalized spacial score (nSPS) is 10.6. The number of hydrazone groups is 1. The van der Waals surface area contributed by atoms with Gasteiger partial charge in [0.05, 0.1) is 6.21 Å². The molecule has 3 rings (SSSR count). The van der Waals surface area contributed by atoms with E-state index in [0.717, 1.165) is 34.7 Å². The lowest BCUT2D eigenvalue weighted by Gasteiger charge is -2.12. The van der Waals surface area contributed by atoms with E-state index in [9.17, 15) is 4.79 Å². The molecule has 6 nitrogen and oxygen atoms in total. The first-order valence-electron chi connectivity index (χ1n) is 10.3. The third kappa shape index (κ3) is 7.21. The first kappa shape index (κ1) is 23.0. The molecular formula is C25H26N4O2S. The fourth-order valence-corrected chi connectivity index (χ4v) is 3.22. The van der Waals surface area contributed by atoms with Crippen molar-refractivity contribution < 1.29 is 9.53 Å². The van der Waals surface area contributed by atoms with Crippen molar-refractivity contribution in [2.24, 2.45) is 5.10 Å². The Kier molecular flexibility index (Phi) is 8.34. The van der Waals surface area contributed by atoms with E-state index in [-0.39, 0.29) is 5.91 Å². The summed E-state index contributed by atoms with van der Waals surface area (Å²) >= 11 is 5.27. The van der Waals surface area contributed by atoms with Gasteiger partial charge in [-0.1, -0.05) is 37.3 Å². The van der Waals surface area contributed by atoms with Crippen molar-refractivity contribution >= 4 is 40.8 Å². The maximum Gasteiger partial charge on any atom is 0.221 e. The number of para-hydroxylation sites is 1. The second-order valence-corrected chi connectivity index (χ2v) is 7.47. The van der Waals surface area contributed by atoms with Gasteiger partial charge < -0.3 is 15.4 Å². The molecule has 0 fully saturated rings. The highest BCUT2D eigenvalue weighted by Gasteiger charge is 2.05. The van der Waals surface area contributed by atoms with Crippen molar-refractivity contribution in [3.05, 3.63) is 89.5 Å². The van der Waals surface area contributed by atoms with Gasteiger partial charge in [-0.2, -0.15) is 5.10 Å². The molecule has 0 aromatic heterocycles. The first-order chi connectivity index (χ1) is 15.5. The summed E-state index contributed by atoms with van der Waals surface area (Å²) in [6.07, 6.45) is 2.63. The molecule has 0 aliphatic rings. The summed E-state index contributed by atoms with van der Waals surface area (Å²) in [6.45, 7) is 4.03. The summed E-state index contributed by atoms with van der Waals surface area (Å²) in [5.74, 6) is 0.634. The molecule has 164 valence electrons. The van der Waals surface area contributed by atoms with Crippen molar-refractivity contribution in [3.63, 3.8) is 0 Å². The van der Waals surface area contributed by atoms with Gasteiger partial charge in [-0.05, 0) is 77.8 Å². The van der Waals surface area contributed by atoms with Crippen LogP contribution in [0.1, 0.15) is 30.5 Å². The van der Waals surface area contributed by atoms with E-state index < -0.39 is 0 Å². The van der Waals surface area contributed by atoms with Crippen molar-refractivity contribution in [1.29, 1.82) is 0 Å². The average molecular weight is 447 g/mol. The summed E-state index contributed by atoms with van der Waals surface area (Å²) in [4.78, 5) is 11.1. The Hall–Kier alpha value is -3.71. The Morgan fingerprint density at radius 1 is 0.969 bits per heavy atom. The predicted octanol–water partition coefficient (Wildman–Crippen LogP) is 5.11. The van der Waals surface area contributed by atoms with Gasteiger partial charge in [0, 0.05) is 18.3 Å². The van der Waals surface area contributed by atoms with Gasteiger partial charge in [-0.25, -0.2) is 0 Å². The zero-order valence-electron chi connectivity index (χ0n) is 18.1. The first-order valence-corrected chi connectivity index (χ1v) is 10.7.